The first kappa shape index (κ1) is 16.4. The lowest BCUT2D eigenvalue weighted by Gasteiger charge is -2.28. The molecule has 0 radical (unpaired) electrons. The van der Waals surface area contributed by atoms with Crippen LogP contribution in [-0.2, 0) is 6.61 Å². The van der Waals surface area contributed by atoms with E-state index in [0.29, 0.717) is 18.1 Å². The molecule has 1 aliphatic carbocycles. The SMILES string of the molecule is O=C(N[C@@H]1CCCC[C@H]1O)c1ccc(OCc2ccccn2)nc1. The third-order valence-corrected chi connectivity index (χ3v) is 4.14. The Morgan fingerprint density at radius 1 is 1.21 bits per heavy atom. The number of rotatable bonds is 5. The van der Waals surface area contributed by atoms with E-state index in [1.165, 1.54) is 6.20 Å². The molecule has 2 atom stereocenters. The van der Waals surface area contributed by atoms with Gasteiger partial charge in [-0.1, -0.05) is 18.9 Å². The number of hydrogen-bond acceptors (Lipinski definition) is 5. The van der Waals surface area contributed by atoms with Crippen molar-refractivity contribution in [1.29, 1.82) is 0 Å². The lowest BCUT2D eigenvalue weighted by Crippen LogP contribution is -2.45. The minimum atomic E-state index is -0.461. The highest BCUT2D eigenvalue weighted by atomic mass is 16.5. The van der Waals surface area contributed by atoms with Gasteiger partial charge in [0.05, 0.1) is 23.4 Å². The van der Waals surface area contributed by atoms with Crippen LogP contribution in [0.3, 0.4) is 0 Å². The number of ether oxygens (including phenoxy) is 1. The van der Waals surface area contributed by atoms with Gasteiger partial charge in [-0.3, -0.25) is 9.78 Å². The molecule has 2 aromatic heterocycles. The normalized spacial score (nSPS) is 20.4. The summed E-state index contributed by atoms with van der Waals surface area (Å²) < 4.78 is 5.55. The second-order valence-electron chi connectivity index (χ2n) is 5.93. The zero-order valence-electron chi connectivity index (χ0n) is 13.4. The van der Waals surface area contributed by atoms with E-state index in [4.69, 9.17) is 4.74 Å². The molecule has 6 nitrogen and oxygen atoms in total. The van der Waals surface area contributed by atoms with E-state index in [-0.39, 0.29) is 11.9 Å². The summed E-state index contributed by atoms with van der Waals surface area (Å²) in [5.41, 5.74) is 1.27. The fourth-order valence-corrected chi connectivity index (χ4v) is 2.76. The van der Waals surface area contributed by atoms with Gasteiger partial charge in [0, 0.05) is 18.5 Å². The van der Waals surface area contributed by atoms with Crippen LogP contribution in [0.15, 0.2) is 42.7 Å². The minimum Gasteiger partial charge on any atom is -0.471 e. The van der Waals surface area contributed by atoms with Crippen LogP contribution < -0.4 is 10.1 Å². The Kier molecular flexibility index (Phi) is 5.38. The van der Waals surface area contributed by atoms with Crippen LogP contribution in [-0.4, -0.2) is 33.1 Å². The Bertz CT molecular complexity index is 661. The molecule has 6 heteroatoms. The third-order valence-electron chi connectivity index (χ3n) is 4.14. The summed E-state index contributed by atoms with van der Waals surface area (Å²) in [4.78, 5) is 20.6. The minimum absolute atomic E-state index is 0.175. The van der Waals surface area contributed by atoms with Gasteiger partial charge in [0.15, 0.2) is 0 Å². The van der Waals surface area contributed by atoms with Crippen LogP contribution in [0, 0.1) is 0 Å². The summed E-state index contributed by atoms with van der Waals surface area (Å²) in [5.74, 6) is 0.222. The van der Waals surface area contributed by atoms with Crippen molar-refractivity contribution >= 4 is 5.91 Å². The number of aromatic nitrogens is 2. The highest BCUT2D eigenvalue weighted by Gasteiger charge is 2.24. The van der Waals surface area contributed by atoms with Gasteiger partial charge in [-0.05, 0) is 31.0 Å². The van der Waals surface area contributed by atoms with Gasteiger partial charge in [-0.15, -0.1) is 0 Å². The molecule has 1 amide bonds. The van der Waals surface area contributed by atoms with Crippen molar-refractivity contribution in [2.75, 3.05) is 0 Å². The molecule has 2 heterocycles. The topological polar surface area (TPSA) is 84.3 Å². The van der Waals surface area contributed by atoms with Crippen LogP contribution >= 0.6 is 0 Å². The number of hydrogen-bond donors (Lipinski definition) is 2. The number of carbonyl (C=O) groups excluding carboxylic acids is 1. The maximum Gasteiger partial charge on any atom is 0.253 e. The van der Waals surface area contributed by atoms with Crippen molar-refractivity contribution < 1.29 is 14.6 Å². The van der Waals surface area contributed by atoms with Gasteiger partial charge in [0.2, 0.25) is 5.88 Å². The first-order valence-electron chi connectivity index (χ1n) is 8.20. The van der Waals surface area contributed by atoms with Crippen molar-refractivity contribution in [2.24, 2.45) is 0 Å². The molecular formula is C18H21N3O3. The standard InChI is InChI=1S/C18H21N3O3/c22-16-7-2-1-6-15(16)21-18(23)13-8-9-17(20-11-13)24-12-14-5-3-4-10-19-14/h3-5,8-11,15-16,22H,1-2,6-7,12H2,(H,21,23)/t15-,16-/m1/s1. The predicted octanol–water partition coefficient (Wildman–Crippen LogP) is 2.09. The second kappa shape index (κ2) is 7.88. The van der Waals surface area contributed by atoms with Gasteiger partial charge >= 0.3 is 0 Å². The number of carbonyl (C=O) groups is 1. The first-order chi connectivity index (χ1) is 11.7. The quantitative estimate of drug-likeness (QED) is 0.878. The first-order valence-corrected chi connectivity index (χ1v) is 8.20. The zero-order chi connectivity index (χ0) is 16.8. The largest absolute Gasteiger partial charge is 0.471 e. The number of nitrogens with zero attached hydrogens (tertiary/aromatic N) is 2. The van der Waals surface area contributed by atoms with E-state index in [9.17, 15) is 9.90 Å². The molecule has 0 saturated heterocycles. The highest BCUT2D eigenvalue weighted by molar-refractivity contribution is 5.94. The van der Waals surface area contributed by atoms with Crippen LogP contribution in [0.4, 0.5) is 0 Å². The Labute approximate surface area is 140 Å². The number of aliphatic hydroxyl groups is 1. The number of amides is 1. The van der Waals surface area contributed by atoms with E-state index in [0.717, 1.165) is 31.4 Å². The highest BCUT2D eigenvalue weighted by Crippen LogP contribution is 2.19. The molecule has 1 fully saturated rings. The molecular weight excluding hydrogens is 306 g/mol. The molecule has 0 aromatic carbocycles. The van der Waals surface area contributed by atoms with Crippen molar-refractivity contribution in [3.8, 4) is 5.88 Å². The van der Waals surface area contributed by atoms with Crippen molar-refractivity contribution in [1.82, 2.24) is 15.3 Å². The fraction of sp³-hybridized carbons (Fsp3) is 0.389. The smallest absolute Gasteiger partial charge is 0.253 e. The van der Waals surface area contributed by atoms with Gasteiger partial charge in [-0.25, -0.2) is 4.98 Å². The molecule has 0 aliphatic heterocycles. The fourth-order valence-electron chi connectivity index (χ4n) is 2.76. The molecule has 2 aromatic rings. The monoisotopic (exact) mass is 327 g/mol. The van der Waals surface area contributed by atoms with Crippen LogP contribution in [0.25, 0.3) is 0 Å². The van der Waals surface area contributed by atoms with Crippen molar-refractivity contribution in [3.63, 3.8) is 0 Å². The maximum atomic E-state index is 12.2. The number of pyridine rings is 2. The number of nitrogens with one attached hydrogen (secondary N) is 1. The molecule has 0 spiro atoms. The molecule has 24 heavy (non-hydrogen) atoms. The van der Waals surface area contributed by atoms with E-state index in [2.05, 4.69) is 15.3 Å². The molecule has 0 unspecified atom stereocenters. The summed E-state index contributed by atoms with van der Waals surface area (Å²) in [6.07, 6.45) is 6.32. The van der Waals surface area contributed by atoms with E-state index < -0.39 is 6.10 Å². The molecule has 3 rings (SSSR count). The predicted molar refractivity (Wildman–Crippen MR) is 88.5 cm³/mol. The summed E-state index contributed by atoms with van der Waals surface area (Å²) >= 11 is 0. The van der Waals surface area contributed by atoms with E-state index in [1.54, 1.807) is 18.3 Å². The Morgan fingerprint density at radius 3 is 2.79 bits per heavy atom. The molecule has 126 valence electrons. The number of aliphatic hydroxyl groups excluding tert-OH is 1. The molecule has 1 saturated carbocycles. The molecule has 0 bridgehead atoms. The van der Waals surface area contributed by atoms with Crippen molar-refractivity contribution in [3.05, 3.63) is 54.0 Å². The summed E-state index contributed by atoms with van der Waals surface area (Å²) in [5, 5.41) is 12.8. The van der Waals surface area contributed by atoms with Crippen LogP contribution in [0.5, 0.6) is 5.88 Å². The third kappa shape index (κ3) is 4.29. The Morgan fingerprint density at radius 2 is 2.08 bits per heavy atom. The van der Waals surface area contributed by atoms with E-state index >= 15 is 0 Å². The summed E-state index contributed by atoms with van der Waals surface area (Å²) in [6.45, 7) is 0.327. The summed E-state index contributed by atoms with van der Waals surface area (Å²) in [6, 6.07) is 8.77. The maximum absolute atomic E-state index is 12.2. The average Bonchev–Trinajstić information content (AvgIpc) is 2.63. The lowest BCUT2D eigenvalue weighted by molar-refractivity contribution is 0.0717. The Balaban J connectivity index is 1.54. The van der Waals surface area contributed by atoms with Crippen LogP contribution in [0.2, 0.25) is 0 Å². The van der Waals surface area contributed by atoms with E-state index in [1.807, 2.05) is 18.2 Å². The van der Waals surface area contributed by atoms with Crippen molar-refractivity contribution in [2.45, 2.75) is 44.4 Å². The Hall–Kier alpha value is -2.47. The van der Waals surface area contributed by atoms with Gasteiger partial charge in [0.25, 0.3) is 5.91 Å². The van der Waals surface area contributed by atoms with Crippen LogP contribution in [0.1, 0.15) is 41.7 Å². The van der Waals surface area contributed by atoms with Gasteiger partial charge in [0.1, 0.15) is 6.61 Å². The van der Waals surface area contributed by atoms with Gasteiger partial charge in [-0.2, -0.15) is 0 Å². The zero-order valence-corrected chi connectivity index (χ0v) is 13.4. The summed E-state index contributed by atoms with van der Waals surface area (Å²) in [7, 11) is 0. The average molecular weight is 327 g/mol. The lowest BCUT2D eigenvalue weighted by atomic mass is 9.92. The molecule has 2 N–H and O–H groups in total. The molecule has 1 aliphatic rings. The second-order valence-corrected chi connectivity index (χ2v) is 5.93. The van der Waals surface area contributed by atoms with Gasteiger partial charge < -0.3 is 15.2 Å².